The Morgan fingerprint density at radius 2 is 1.96 bits per heavy atom. The number of Topliss-reactive ketones (excluding diaryl/α,β-unsaturated/α-hetero) is 1. The molecule has 0 saturated carbocycles. The van der Waals surface area contributed by atoms with Crippen LogP contribution in [0.4, 0.5) is 0 Å². The summed E-state index contributed by atoms with van der Waals surface area (Å²) in [6.07, 6.45) is 3.73. The van der Waals surface area contributed by atoms with Crippen molar-refractivity contribution in [3.63, 3.8) is 0 Å². The Balaban J connectivity index is 1.61. The number of aromatic amines is 1. The van der Waals surface area contributed by atoms with Crippen molar-refractivity contribution in [3.05, 3.63) is 78.0 Å². The Morgan fingerprint density at radius 3 is 2.75 bits per heavy atom. The van der Waals surface area contributed by atoms with E-state index in [1.165, 1.54) is 11.8 Å². The first-order valence-corrected chi connectivity index (χ1v) is 10.1. The average molecular weight is 409 g/mol. The summed E-state index contributed by atoms with van der Waals surface area (Å²) < 4.78 is 1.97. The second-order valence-electron chi connectivity index (χ2n) is 6.17. The molecule has 0 aliphatic carbocycles. The van der Waals surface area contributed by atoms with Crippen molar-refractivity contribution in [1.82, 2.24) is 19.7 Å². The Kier molecular flexibility index (Phi) is 5.32. The Hall–Kier alpha value is -2.83. The lowest BCUT2D eigenvalue weighted by Gasteiger charge is -2.07. The predicted octanol–water partition coefficient (Wildman–Crippen LogP) is 5.24. The number of para-hydroxylation sites is 1. The molecule has 4 rings (SSSR count). The van der Waals surface area contributed by atoms with Gasteiger partial charge >= 0.3 is 0 Å². The van der Waals surface area contributed by atoms with E-state index in [4.69, 9.17) is 11.6 Å². The van der Waals surface area contributed by atoms with E-state index >= 15 is 0 Å². The highest BCUT2D eigenvalue weighted by molar-refractivity contribution is 7.99. The van der Waals surface area contributed by atoms with Gasteiger partial charge in [0.2, 0.25) is 0 Å². The number of H-pyrrole nitrogens is 1. The van der Waals surface area contributed by atoms with Gasteiger partial charge in [0, 0.05) is 39.8 Å². The smallest absolute Gasteiger partial charge is 0.192 e. The van der Waals surface area contributed by atoms with E-state index in [0.29, 0.717) is 22.3 Å². The summed E-state index contributed by atoms with van der Waals surface area (Å²) in [6.45, 7) is 4.39. The van der Waals surface area contributed by atoms with Crippen LogP contribution < -0.4 is 0 Å². The van der Waals surface area contributed by atoms with Crippen LogP contribution in [0.1, 0.15) is 10.4 Å². The van der Waals surface area contributed by atoms with Gasteiger partial charge in [-0.25, -0.2) is 0 Å². The van der Waals surface area contributed by atoms with Crippen molar-refractivity contribution in [2.24, 2.45) is 0 Å². The number of nitrogens with one attached hydrogen (secondary N) is 1. The number of fused-ring (bicyclic) bond motifs is 1. The largest absolute Gasteiger partial charge is 0.360 e. The Bertz CT molecular complexity index is 1150. The molecule has 1 N–H and O–H groups in total. The summed E-state index contributed by atoms with van der Waals surface area (Å²) in [4.78, 5) is 15.7. The molecule has 2 aromatic carbocycles. The van der Waals surface area contributed by atoms with Gasteiger partial charge in [-0.1, -0.05) is 47.6 Å². The number of thioether (sulfide) groups is 1. The standard InChI is InChI=1S/C21H17ClN4OS/c1-2-11-26-20(17-12-23-18-6-4-3-5-16(17)18)24-25-21(26)28-13-19(27)14-7-9-15(22)10-8-14/h2-10,12,23H,1,11,13H2. The van der Waals surface area contributed by atoms with Crippen LogP contribution in [0.15, 0.2) is 72.5 Å². The lowest BCUT2D eigenvalue weighted by atomic mass is 10.1. The van der Waals surface area contributed by atoms with Crippen molar-refractivity contribution < 1.29 is 4.79 Å². The quantitative estimate of drug-likeness (QED) is 0.258. The van der Waals surface area contributed by atoms with Crippen LogP contribution in [0, 0.1) is 0 Å². The van der Waals surface area contributed by atoms with Gasteiger partial charge in [0.15, 0.2) is 16.8 Å². The molecule has 2 aromatic heterocycles. The van der Waals surface area contributed by atoms with Gasteiger partial charge in [-0.15, -0.1) is 16.8 Å². The molecule has 7 heteroatoms. The number of nitrogens with zero attached hydrogens (tertiary/aromatic N) is 3. The SMILES string of the molecule is C=CCn1c(SCC(=O)c2ccc(Cl)cc2)nnc1-c1c[nH]c2ccccc12. The van der Waals surface area contributed by atoms with Crippen LogP contribution in [0.25, 0.3) is 22.3 Å². The minimum atomic E-state index is 0.0171. The Morgan fingerprint density at radius 1 is 1.18 bits per heavy atom. The molecular weight excluding hydrogens is 392 g/mol. The van der Waals surface area contributed by atoms with E-state index in [1.54, 1.807) is 30.3 Å². The molecule has 0 amide bonds. The molecule has 0 spiro atoms. The van der Waals surface area contributed by atoms with Gasteiger partial charge < -0.3 is 4.98 Å². The van der Waals surface area contributed by atoms with E-state index in [0.717, 1.165) is 22.3 Å². The maximum atomic E-state index is 12.5. The van der Waals surface area contributed by atoms with Crippen molar-refractivity contribution >= 4 is 40.0 Å². The van der Waals surface area contributed by atoms with Crippen LogP contribution >= 0.6 is 23.4 Å². The van der Waals surface area contributed by atoms with Gasteiger partial charge in [-0.2, -0.15) is 0 Å². The van der Waals surface area contributed by atoms with Gasteiger partial charge in [0.05, 0.1) is 5.75 Å². The van der Waals surface area contributed by atoms with Gasteiger partial charge in [0.1, 0.15) is 0 Å². The summed E-state index contributed by atoms with van der Waals surface area (Å²) in [5.41, 5.74) is 2.64. The van der Waals surface area contributed by atoms with E-state index in [-0.39, 0.29) is 11.5 Å². The van der Waals surface area contributed by atoms with Gasteiger partial charge in [-0.05, 0) is 30.3 Å². The molecule has 0 radical (unpaired) electrons. The van der Waals surface area contributed by atoms with Gasteiger partial charge in [0.25, 0.3) is 0 Å². The number of hydrogen-bond donors (Lipinski definition) is 1. The monoisotopic (exact) mass is 408 g/mol. The number of carbonyl (C=O) groups is 1. The molecule has 140 valence electrons. The van der Waals surface area contributed by atoms with E-state index < -0.39 is 0 Å². The molecular formula is C21H17ClN4OS. The molecule has 0 bridgehead atoms. The third-order valence-corrected chi connectivity index (χ3v) is 5.58. The molecule has 0 aliphatic rings. The molecule has 0 atom stereocenters. The fourth-order valence-corrected chi connectivity index (χ4v) is 3.96. The molecule has 0 saturated heterocycles. The zero-order chi connectivity index (χ0) is 19.5. The zero-order valence-electron chi connectivity index (χ0n) is 14.9. The third-order valence-electron chi connectivity index (χ3n) is 4.36. The molecule has 0 fully saturated rings. The summed E-state index contributed by atoms with van der Waals surface area (Å²) in [5.74, 6) is 1.03. The van der Waals surface area contributed by atoms with Crippen LogP contribution in [-0.4, -0.2) is 31.3 Å². The van der Waals surface area contributed by atoms with Crippen molar-refractivity contribution in [1.29, 1.82) is 0 Å². The summed E-state index contributed by atoms with van der Waals surface area (Å²) >= 11 is 7.25. The minimum absolute atomic E-state index is 0.0171. The predicted molar refractivity (Wildman–Crippen MR) is 114 cm³/mol. The van der Waals surface area contributed by atoms with E-state index in [1.807, 2.05) is 35.0 Å². The normalized spacial score (nSPS) is 11.0. The average Bonchev–Trinajstić information content (AvgIpc) is 3.31. The van der Waals surface area contributed by atoms with E-state index in [2.05, 4.69) is 21.8 Å². The topological polar surface area (TPSA) is 63.6 Å². The Labute approximate surface area is 171 Å². The van der Waals surface area contributed by atoms with Gasteiger partial charge in [-0.3, -0.25) is 9.36 Å². The molecule has 0 unspecified atom stereocenters. The highest BCUT2D eigenvalue weighted by Gasteiger charge is 2.18. The fourth-order valence-electron chi connectivity index (χ4n) is 2.99. The zero-order valence-corrected chi connectivity index (χ0v) is 16.5. The molecule has 0 aliphatic heterocycles. The lowest BCUT2D eigenvalue weighted by molar-refractivity contribution is 0.102. The number of allylic oxidation sites excluding steroid dienone is 1. The molecule has 4 aromatic rings. The van der Waals surface area contributed by atoms with Crippen molar-refractivity contribution in [2.75, 3.05) is 5.75 Å². The first-order valence-electron chi connectivity index (χ1n) is 8.69. The highest BCUT2D eigenvalue weighted by Crippen LogP contribution is 2.30. The number of ketones is 1. The first kappa shape index (κ1) is 18.5. The van der Waals surface area contributed by atoms with Crippen LogP contribution in [0.5, 0.6) is 0 Å². The summed E-state index contributed by atoms with van der Waals surface area (Å²) in [6, 6.07) is 14.9. The summed E-state index contributed by atoms with van der Waals surface area (Å²) in [5, 5.41) is 11.1. The fraction of sp³-hybridized carbons (Fsp3) is 0.0952. The highest BCUT2D eigenvalue weighted by atomic mass is 35.5. The second kappa shape index (κ2) is 8.04. The third kappa shape index (κ3) is 3.61. The molecule has 5 nitrogen and oxygen atoms in total. The minimum Gasteiger partial charge on any atom is -0.360 e. The van der Waals surface area contributed by atoms with Crippen LogP contribution in [-0.2, 0) is 6.54 Å². The lowest BCUT2D eigenvalue weighted by Crippen LogP contribution is -2.05. The first-order chi connectivity index (χ1) is 13.7. The van der Waals surface area contributed by atoms with E-state index in [9.17, 15) is 4.79 Å². The maximum Gasteiger partial charge on any atom is 0.192 e. The summed E-state index contributed by atoms with van der Waals surface area (Å²) in [7, 11) is 0. The number of halogens is 1. The second-order valence-corrected chi connectivity index (χ2v) is 7.55. The van der Waals surface area contributed by atoms with Crippen molar-refractivity contribution in [3.8, 4) is 11.4 Å². The number of rotatable bonds is 7. The van der Waals surface area contributed by atoms with Crippen molar-refractivity contribution in [2.45, 2.75) is 11.7 Å². The van der Waals surface area contributed by atoms with Crippen LogP contribution in [0.3, 0.4) is 0 Å². The molecule has 28 heavy (non-hydrogen) atoms. The number of carbonyl (C=O) groups excluding carboxylic acids is 1. The maximum absolute atomic E-state index is 12.5. The number of benzene rings is 2. The number of hydrogen-bond acceptors (Lipinski definition) is 4. The number of aromatic nitrogens is 4. The van der Waals surface area contributed by atoms with Crippen LogP contribution in [0.2, 0.25) is 5.02 Å². The molecule has 2 heterocycles.